The summed E-state index contributed by atoms with van der Waals surface area (Å²) < 4.78 is 13.0. The predicted molar refractivity (Wildman–Crippen MR) is 81.8 cm³/mol. The highest BCUT2D eigenvalue weighted by molar-refractivity contribution is 9.11. The van der Waals surface area contributed by atoms with Crippen LogP contribution in [-0.2, 0) is 0 Å². The summed E-state index contributed by atoms with van der Waals surface area (Å²) >= 11 is 6.94. The van der Waals surface area contributed by atoms with Crippen LogP contribution >= 0.6 is 31.9 Å². The largest absolute Gasteiger partial charge is 0.496 e. The fraction of sp³-hybridized carbons (Fsp3) is 0.571. The van der Waals surface area contributed by atoms with Crippen LogP contribution in [0.25, 0.3) is 0 Å². The second-order valence-electron chi connectivity index (χ2n) is 5.13. The van der Waals surface area contributed by atoms with E-state index < -0.39 is 0 Å². The summed E-state index contributed by atoms with van der Waals surface area (Å²) in [6.45, 7) is 4.15. The van der Waals surface area contributed by atoms with Crippen LogP contribution in [0.15, 0.2) is 21.1 Å². The third-order valence-corrected chi connectivity index (χ3v) is 5.41. The van der Waals surface area contributed by atoms with Crippen LogP contribution < -0.4 is 9.47 Å². The van der Waals surface area contributed by atoms with Crippen LogP contribution in [0.1, 0.15) is 26.7 Å². The lowest BCUT2D eigenvalue weighted by Crippen LogP contribution is -2.57. The minimum absolute atomic E-state index is 0.0455. The van der Waals surface area contributed by atoms with Crippen molar-refractivity contribution >= 4 is 31.9 Å². The average Bonchev–Trinajstić information content (AvgIpc) is 2.40. The quantitative estimate of drug-likeness (QED) is 0.834. The molecule has 1 N–H and O–H groups in total. The van der Waals surface area contributed by atoms with Gasteiger partial charge in [0.1, 0.15) is 17.6 Å². The summed E-state index contributed by atoms with van der Waals surface area (Å²) in [6, 6.07) is 3.77. The number of aliphatic hydroxyl groups is 1. The van der Waals surface area contributed by atoms with Gasteiger partial charge in [0.25, 0.3) is 0 Å². The maximum absolute atomic E-state index is 9.90. The van der Waals surface area contributed by atoms with Crippen molar-refractivity contribution in [1.29, 1.82) is 0 Å². The smallest absolute Gasteiger partial charge is 0.135 e. The van der Waals surface area contributed by atoms with Crippen molar-refractivity contribution in [2.75, 3.05) is 7.11 Å². The van der Waals surface area contributed by atoms with E-state index in [1.807, 2.05) is 12.1 Å². The van der Waals surface area contributed by atoms with Crippen molar-refractivity contribution < 1.29 is 14.6 Å². The molecule has 0 bridgehead atoms. The number of benzene rings is 1. The van der Waals surface area contributed by atoms with E-state index >= 15 is 0 Å². The van der Waals surface area contributed by atoms with Gasteiger partial charge in [-0.05, 0) is 50.4 Å². The molecular weight excluding hydrogens is 376 g/mol. The van der Waals surface area contributed by atoms with Crippen molar-refractivity contribution in [3.8, 4) is 11.5 Å². The van der Waals surface area contributed by atoms with E-state index in [1.54, 1.807) is 7.11 Å². The molecule has 0 aromatic heterocycles. The molecule has 3 atom stereocenters. The Kier molecular flexibility index (Phi) is 4.48. The zero-order chi connectivity index (χ0) is 14.2. The molecule has 0 aliphatic heterocycles. The first-order valence-corrected chi connectivity index (χ1v) is 7.88. The maximum atomic E-state index is 9.90. The molecule has 1 aromatic rings. The summed E-state index contributed by atoms with van der Waals surface area (Å²) in [5.41, 5.74) is -0.161. The topological polar surface area (TPSA) is 38.7 Å². The normalized spacial score (nSPS) is 29.8. The van der Waals surface area contributed by atoms with Crippen LogP contribution in [0.4, 0.5) is 0 Å². The Morgan fingerprint density at radius 1 is 1.32 bits per heavy atom. The molecule has 0 heterocycles. The van der Waals surface area contributed by atoms with E-state index in [2.05, 4.69) is 45.7 Å². The molecule has 1 aliphatic rings. The van der Waals surface area contributed by atoms with Gasteiger partial charge in [-0.2, -0.15) is 0 Å². The number of ether oxygens (including phenoxy) is 2. The summed E-state index contributed by atoms with van der Waals surface area (Å²) in [5, 5.41) is 9.90. The van der Waals surface area contributed by atoms with Gasteiger partial charge in [-0.3, -0.25) is 0 Å². The summed E-state index contributed by atoms with van der Waals surface area (Å²) in [6.07, 6.45) is 1.35. The van der Waals surface area contributed by atoms with E-state index in [4.69, 9.17) is 9.47 Å². The molecule has 5 heteroatoms. The first-order chi connectivity index (χ1) is 8.92. The summed E-state index contributed by atoms with van der Waals surface area (Å²) in [5.74, 6) is 1.52. The Bertz CT molecular complexity index is 478. The minimum atomic E-state index is -0.275. The van der Waals surface area contributed by atoms with Gasteiger partial charge in [0.05, 0.1) is 22.2 Å². The van der Waals surface area contributed by atoms with E-state index in [0.29, 0.717) is 6.42 Å². The Hall–Kier alpha value is -0.260. The monoisotopic (exact) mass is 392 g/mol. The number of hydrogen-bond acceptors (Lipinski definition) is 3. The SMILES string of the molecule is CCC1(C)C(O)CC1Oc1cc(Br)c(OC)cc1Br. The maximum Gasteiger partial charge on any atom is 0.135 e. The van der Waals surface area contributed by atoms with Crippen LogP contribution in [-0.4, -0.2) is 24.4 Å². The van der Waals surface area contributed by atoms with Gasteiger partial charge in [0.15, 0.2) is 0 Å². The molecular formula is C14H18Br2O3. The third-order valence-electron chi connectivity index (χ3n) is 4.17. The fourth-order valence-electron chi connectivity index (χ4n) is 2.35. The zero-order valence-electron chi connectivity index (χ0n) is 11.2. The van der Waals surface area contributed by atoms with Crippen molar-refractivity contribution in [3.63, 3.8) is 0 Å². The molecule has 19 heavy (non-hydrogen) atoms. The van der Waals surface area contributed by atoms with Crippen molar-refractivity contribution in [2.45, 2.75) is 38.9 Å². The first kappa shape index (κ1) is 15.1. The molecule has 3 nitrogen and oxygen atoms in total. The van der Waals surface area contributed by atoms with E-state index in [-0.39, 0.29) is 17.6 Å². The number of methoxy groups -OCH3 is 1. The molecule has 0 spiro atoms. The summed E-state index contributed by atoms with van der Waals surface area (Å²) in [7, 11) is 1.63. The van der Waals surface area contributed by atoms with Gasteiger partial charge >= 0.3 is 0 Å². The van der Waals surface area contributed by atoms with Crippen LogP contribution in [0, 0.1) is 5.41 Å². The Labute approximate surface area is 130 Å². The van der Waals surface area contributed by atoms with Crippen molar-refractivity contribution in [2.24, 2.45) is 5.41 Å². The Morgan fingerprint density at radius 2 is 1.89 bits per heavy atom. The van der Waals surface area contributed by atoms with Crippen LogP contribution in [0.3, 0.4) is 0 Å². The lowest BCUT2D eigenvalue weighted by atomic mass is 9.63. The number of aliphatic hydroxyl groups excluding tert-OH is 1. The molecule has 106 valence electrons. The molecule has 2 rings (SSSR count). The van der Waals surface area contributed by atoms with E-state index in [0.717, 1.165) is 26.9 Å². The Morgan fingerprint density at radius 3 is 2.42 bits per heavy atom. The number of halogens is 2. The van der Waals surface area contributed by atoms with Gasteiger partial charge in [-0.1, -0.05) is 13.8 Å². The molecule has 3 unspecified atom stereocenters. The molecule has 0 amide bonds. The predicted octanol–water partition coefficient (Wildman–Crippen LogP) is 4.15. The highest BCUT2D eigenvalue weighted by Crippen LogP contribution is 2.47. The van der Waals surface area contributed by atoms with Crippen molar-refractivity contribution in [1.82, 2.24) is 0 Å². The lowest BCUT2D eigenvalue weighted by molar-refractivity contribution is -0.147. The lowest BCUT2D eigenvalue weighted by Gasteiger charge is -2.50. The molecule has 1 fully saturated rings. The average molecular weight is 394 g/mol. The first-order valence-electron chi connectivity index (χ1n) is 6.30. The van der Waals surface area contributed by atoms with Crippen LogP contribution in [0.2, 0.25) is 0 Å². The molecule has 1 aromatic carbocycles. The number of hydrogen-bond donors (Lipinski definition) is 1. The molecule has 1 saturated carbocycles. The molecule has 1 aliphatic carbocycles. The van der Waals surface area contributed by atoms with Gasteiger partial charge < -0.3 is 14.6 Å². The second-order valence-corrected chi connectivity index (χ2v) is 6.84. The highest BCUT2D eigenvalue weighted by Gasteiger charge is 2.51. The highest BCUT2D eigenvalue weighted by atomic mass is 79.9. The second kappa shape index (κ2) is 5.62. The third kappa shape index (κ3) is 2.65. The van der Waals surface area contributed by atoms with E-state index in [9.17, 15) is 5.11 Å². The van der Waals surface area contributed by atoms with E-state index in [1.165, 1.54) is 0 Å². The van der Waals surface area contributed by atoms with Gasteiger partial charge in [-0.15, -0.1) is 0 Å². The van der Waals surface area contributed by atoms with Crippen molar-refractivity contribution in [3.05, 3.63) is 21.1 Å². The Balaban J connectivity index is 2.19. The fourth-order valence-corrected chi connectivity index (χ4v) is 3.25. The van der Waals surface area contributed by atoms with Gasteiger partial charge in [0.2, 0.25) is 0 Å². The summed E-state index contributed by atoms with van der Waals surface area (Å²) in [4.78, 5) is 0. The standard InChI is InChI=1S/C14H18Br2O3/c1-4-14(2)12(17)7-13(14)19-11-6-8(15)10(18-3)5-9(11)16/h5-6,12-13,17H,4,7H2,1-3H3. The minimum Gasteiger partial charge on any atom is -0.496 e. The van der Waals surface area contributed by atoms with Gasteiger partial charge in [0, 0.05) is 11.8 Å². The molecule has 0 saturated heterocycles. The zero-order valence-corrected chi connectivity index (χ0v) is 14.4. The molecule has 0 radical (unpaired) electrons. The van der Waals surface area contributed by atoms with Gasteiger partial charge in [-0.25, -0.2) is 0 Å². The van der Waals surface area contributed by atoms with Crippen LogP contribution in [0.5, 0.6) is 11.5 Å². The number of rotatable bonds is 4.